The zero-order chi connectivity index (χ0) is 14.1. The fraction of sp³-hybridized carbons (Fsp3) is 0.375. The summed E-state index contributed by atoms with van der Waals surface area (Å²) in [7, 11) is 0. The van der Waals surface area contributed by atoms with E-state index in [9.17, 15) is 30.7 Å². The molecule has 0 radical (unpaired) electrons. The van der Waals surface area contributed by atoms with E-state index in [1.165, 1.54) is 22.6 Å². The summed E-state index contributed by atoms with van der Waals surface area (Å²) in [6.07, 6.45) is -10.2. The standard InChI is InChI=1S/C8H3F7INO/c9-2-4-3(7(10,11)12)1-5(6(16)17-4)18-8(13,14)15/h1H,2H2. The maximum absolute atomic E-state index is 12.4. The van der Waals surface area contributed by atoms with Crippen LogP contribution in [0.2, 0.25) is 0 Å². The summed E-state index contributed by atoms with van der Waals surface area (Å²) in [6, 6.07) is 0.0805. The van der Waals surface area contributed by atoms with E-state index in [0.717, 1.165) is 0 Å². The maximum Gasteiger partial charge on any atom is 0.573 e. The summed E-state index contributed by atoms with van der Waals surface area (Å²) in [5.74, 6) is -1.12. The minimum absolute atomic E-state index is 0.0805. The number of ether oxygens (including phenoxy) is 1. The van der Waals surface area contributed by atoms with Crippen LogP contribution < -0.4 is 4.74 Å². The van der Waals surface area contributed by atoms with Crippen LogP contribution in [-0.4, -0.2) is 11.3 Å². The van der Waals surface area contributed by atoms with Crippen LogP contribution >= 0.6 is 22.6 Å². The number of aromatic nitrogens is 1. The van der Waals surface area contributed by atoms with Gasteiger partial charge in [0, 0.05) is 0 Å². The molecule has 0 spiro atoms. The summed E-state index contributed by atoms with van der Waals surface area (Å²) < 4.78 is 88.3. The number of hydrogen-bond acceptors (Lipinski definition) is 2. The molecule has 0 bridgehead atoms. The molecule has 0 atom stereocenters. The summed E-state index contributed by atoms with van der Waals surface area (Å²) in [4.78, 5) is 3.11. The average molecular weight is 389 g/mol. The Kier molecular flexibility index (Phi) is 4.28. The number of pyridine rings is 1. The van der Waals surface area contributed by atoms with Gasteiger partial charge in [0.2, 0.25) is 0 Å². The van der Waals surface area contributed by atoms with E-state index in [-0.39, 0.29) is 6.07 Å². The van der Waals surface area contributed by atoms with Gasteiger partial charge in [0.25, 0.3) is 0 Å². The van der Waals surface area contributed by atoms with Gasteiger partial charge >= 0.3 is 12.5 Å². The van der Waals surface area contributed by atoms with Gasteiger partial charge in [-0.1, -0.05) is 0 Å². The van der Waals surface area contributed by atoms with E-state index in [4.69, 9.17) is 0 Å². The van der Waals surface area contributed by atoms with Crippen molar-refractivity contribution < 1.29 is 35.5 Å². The molecule has 0 unspecified atom stereocenters. The molecule has 10 heteroatoms. The SMILES string of the molecule is FCc1nc(I)c(OC(F)(F)F)cc1C(F)(F)F. The van der Waals surface area contributed by atoms with Crippen LogP contribution in [0.5, 0.6) is 5.75 Å². The predicted octanol–water partition coefficient (Wildman–Crippen LogP) is 4.07. The van der Waals surface area contributed by atoms with Gasteiger partial charge in [-0.25, -0.2) is 9.37 Å². The highest BCUT2D eigenvalue weighted by molar-refractivity contribution is 14.1. The van der Waals surface area contributed by atoms with Crippen LogP contribution in [0.1, 0.15) is 11.3 Å². The number of nitrogens with zero attached hydrogens (tertiary/aromatic N) is 1. The Balaban J connectivity index is 3.31. The molecule has 0 aliphatic rings. The molecule has 0 saturated carbocycles. The van der Waals surface area contributed by atoms with Gasteiger partial charge < -0.3 is 4.74 Å². The molecule has 1 heterocycles. The molecule has 1 aromatic heterocycles. The van der Waals surface area contributed by atoms with E-state index in [1.54, 1.807) is 0 Å². The van der Waals surface area contributed by atoms with Crippen molar-refractivity contribution in [3.63, 3.8) is 0 Å². The minimum atomic E-state index is -5.15. The fourth-order valence-electron chi connectivity index (χ4n) is 1.05. The van der Waals surface area contributed by atoms with Crippen molar-refractivity contribution in [1.29, 1.82) is 0 Å². The van der Waals surface area contributed by atoms with Crippen LogP contribution in [0.4, 0.5) is 30.7 Å². The third-order valence-electron chi connectivity index (χ3n) is 1.68. The topological polar surface area (TPSA) is 22.1 Å². The first-order chi connectivity index (χ1) is 8.04. The first-order valence-corrected chi connectivity index (χ1v) is 5.21. The maximum atomic E-state index is 12.4. The number of hydrogen-bond donors (Lipinski definition) is 0. The molecule has 2 nitrogen and oxygen atoms in total. The molecule has 0 aliphatic heterocycles. The average Bonchev–Trinajstić information content (AvgIpc) is 2.16. The Hall–Kier alpha value is -0.810. The fourth-order valence-corrected chi connectivity index (χ4v) is 1.61. The third kappa shape index (κ3) is 3.85. The van der Waals surface area contributed by atoms with Gasteiger partial charge in [0.15, 0.2) is 5.75 Å². The van der Waals surface area contributed by atoms with Crippen molar-refractivity contribution in [2.75, 3.05) is 0 Å². The van der Waals surface area contributed by atoms with Crippen molar-refractivity contribution in [3.05, 3.63) is 21.0 Å². The van der Waals surface area contributed by atoms with Gasteiger partial charge in [-0.3, -0.25) is 0 Å². The third-order valence-corrected chi connectivity index (χ3v) is 2.45. The van der Waals surface area contributed by atoms with Crippen molar-refractivity contribution >= 4 is 22.6 Å². The zero-order valence-corrected chi connectivity index (χ0v) is 10.3. The van der Waals surface area contributed by atoms with E-state index >= 15 is 0 Å². The summed E-state index contributed by atoms with van der Waals surface area (Å²) in [5.41, 5.74) is -2.58. The monoisotopic (exact) mass is 389 g/mol. The second-order valence-corrected chi connectivity index (χ2v) is 3.97. The Morgan fingerprint density at radius 3 is 2.11 bits per heavy atom. The summed E-state index contributed by atoms with van der Waals surface area (Å²) in [6.45, 7) is -1.54. The Morgan fingerprint density at radius 2 is 1.72 bits per heavy atom. The summed E-state index contributed by atoms with van der Waals surface area (Å²) >= 11 is 1.22. The highest BCUT2D eigenvalue weighted by Gasteiger charge is 2.38. The largest absolute Gasteiger partial charge is 0.573 e. The summed E-state index contributed by atoms with van der Waals surface area (Å²) in [5, 5.41) is 0. The molecule has 0 aliphatic carbocycles. The van der Waals surface area contributed by atoms with Crippen LogP contribution in [0, 0.1) is 3.70 Å². The Labute approximate surface area is 109 Å². The number of halogens is 8. The predicted molar refractivity (Wildman–Crippen MR) is 53.5 cm³/mol. The molecular weight excluding hydrogens is 386 g/mol. The molecule has 102 valence electrons. The van der Waals surface area contributed by atoms with E-state index in [2.05, 4.69) is 9.72 Å². The zero-order valence-electron chi connectivity index (χ0n) is 8.16. The van der Waals surface area contributed by atoms with Gasteiger partial charge in [0.1, 0.15) is 10.4 Å². The highest BCUT2D eigenvalue weighted by Crippen LogP contribution is 2.37. The Morgan fingerprint density at radius 1 is 1.17 bits per heavy atom. The lowest BCUT2D eigenvalue weighted by Crippen LogP contribution is -2.20. The normalized spacial score (nSPS) is 12.7. The molecule has 0 fully saturated rings. The van der Waals surface area contributed by atoms with Gasteiger partial charge in [-0.15, -0.1) is 13.2 Å². The van der Waals surface area contributed by atoms with Crippen LogP contribution in [0.15, 0.2) is 6.07 Å². The van der Waals surface area contributed by atoms with Gasteiger partial charge in [-0.05, 0) is 28.7 Å². The molecule has 0 aromatic carbocycles. The van der Waals surface area contributed by atoms with Gasteiger partial charge in [-0.2, -0.15) is 13.2 Å². The smallest absolute Gasteiger partial charge is 0.403 e. The second kappa shape index (κ2) is 5.05. The van der Waals surface area contributed by atoms with E-state index < -0.39 is 39.9 Å². The number of rotatable bonds is 2. The highest BCUT2D eigenvalue weighted by atomic mass is 127. The van der Waals surface area contributed by atoms with Crippen molar-refractivity contribution in [2.24, 2.45) is 0 Å². The first-order valence-electron chi connectivity index (χ1n) is 4.13. The van der Waals surface area contributed by atoms with Crippen molar-refractivity contribution in [2.45, 2.75) is 19.2 Å². The lowest BCUT2D eigenvalue weighted by molar-refractivity contribution is -0.275. The van der Waals surface area contributed by atoms with E-state index in [1.807, 2.05) is 0 Å². The molecule has 0 amide bonds. The first kappa shape index (κ1) is 15.2. The molecule has 1 aromatic rings. The molecule has 1 rings (SSSR count). The quantitative estimate of drug-likeness (QED) is 0.432. The molecule has 0 saturated heterocycles. The second-order valence-electron chi connectivity index (χ2n) is 2.95. The lowest BCUT2D eigenvalue weighted by Gasteiger charge is -2.15. The minimum Gasteiger partial charge on any atom is -0.403 e. The van der Waals surface area contributed by atoms with Gasteiger partial charge in [0.05, 0.1) is 11.3 Å². The molecule has 0 N–H and O–H groups in total. The van der Waals surface area contributed by atoms with Crippen LogP contribution in [-0.2, 0) is 12.9 Å². The van der Waals surface area contributed by atoms with Crippen molar-refractivity contribution in [3.8, 4) is 5.75 Å². The van der Waals surface area contributed by atoms with Crippen molar-refractivity contribution in [1.82, 2.24) is 4.98 Å². The van der Waals surface area contributed by atoms with Crippen LogP contribution in [0.3, 0.4) is 0 Å². The van der Waals surface area contributed by atoms with Crippen LogP contribution in [0.25, 0.3) is 0 Å². The lowest BCUT2D eigenvalue weighted by atomic mass is 10.2. The Bertz CT molecular complexity index is 442. The van der Waals surface area contributed by atoms with E-state index in [0.29, 0.717) is 0 Å². The molecule has 18 heavy (non-hydrogen) atoms. The number of alkyl halides is 7. The molecular formula is C8H3F7INO.